The van der Waals surface area contributed by atoms with Crippen LogP contribution in [-0.2, 0) is 0 Å². The molecule has 5 rings (SSSR count). The molecule has 2 atom stereocenters. The Bertz CT molecular complexity index is 1020. The number of para-hydroxylation sites is 2. The SMILES string of the molecule is c1ccc([C@@H]2N[C@H](c3c[nH]c4ccccc34)Nc3ccccc32)cc1. The van der Waals surface area contributed by atoms with E-state index in [-0.39, 0.29) is 12.2 Å². The molecule has 0 aliphatic carbocycles. The highest BCUT2D eigenvalue weighted by atomic mass is 15.2. The van der Waals surface area contributed by atoms with Gasteiger partial charge in [0.15, 0.2) is 0 Å². The van der Waals surface area contributed by atoms with Crippen LogP contribution in [0.2, 0.25) is 0 Å². The summed E-state index contributed by atoms with van der Waals surface area (Å²) in [5.41, 5.74) is 6.15. The molecular formula is C22H19N3. The topological polar surface area (TPSA) is 39.9 Å². The van der Waals surface area contributed by atoms with Crippen molar-refractivity contribution in [3.63, 3.8) is 0 Å². The van der Waals surface area contributed by atoms with E-state index >= 15 is 0 Å². The van der Waals surface area contributed by atoms with Crippen molar-refractivity contribution >= 4 is 16.6 Å². The molecule has 0 amide bonds. The number of anilines is 1. The number of H-pyrrole nitrogens is 1. The predicted molar refractivity (Wildman–Crippen MR) is 103 cm³/mol. The second kappa shape index (κ2) is 5.80. The van der Waals surface area contributed by atoms with E-state index in [0.717, 1.165) is 5.52 Å². The fraction of sp³-hybridized carbons (Fsp3) is 0.0909. The van der Waals surface area contributed by atoms with Crippen molar-refractivity contribution < 1.29 is 0 Å². The minimum atomic E-state index is 0.0521. The smallest absolute Gasteiger partial charge is 0.106 e. The van der Waals surface area contributed by atoms with Crippen molar-refractivity contribution in [3.05, 3.63) is 102 Å². The number of aromatic amines is 1. The highest BCUT2D eigenvalue weighted by Gasteiger charge is 2.28. The summed E-state index contributed by atoms with van der Waals surface area (Å²) >= 11 is 0. The number of hydrogen-bond acceptors (Lipinski definition) is 2. The average Bonchev–Trinajstić information content (AvgIpc) is 3.12. The highest BCUT2D eigenvalue weighted by Crippen LogP contribution is 2.37. The first kappa shape index (κ1) is 14.3. The molecule has 1 aromatic heterocycles. The summed E-state index contributed by atoms with van der Waals surface area (Å²) in [6.45, 7) is 0. The lowest BCUT2D eigenvalue weighted by Crippen LogP contribution is -2.37. The number of hydrogen-bond donors (Lipinski definition) is 3. The normalized spacial score (nSPS) is 19.4. The molecule has 0 saturated carbocycles. The first-order chi connectivity index (χ1) is 12.4. The number of benzene rings is 3. The van der Waals surface area contributed by atoms with E-state index in [2.05, 4.69) is 101 Å². The molecule has 0 radical (unpaired) electrons. The first-order valence-electron chi connectivity index (χ1n) is 8.62. The largest absolute Gasteiger partial charge is 0.366 e. The Morgan fingerprint density at radius 1 is 0.680 bits per heavy atom. The molecule has 1 aliphatic heterocycles. The van der Waals surface area contributed by atoms with E-state index in [1.54, 1.807) is 0 Å². The van der Waals surface area contributed by atoms with Gasteiger partial charge >= 0.3 is 0 Å². The van der Waals surface area contributed by atoms with E-state index in [1.165, 1.54) is 27.8 Å². The molecule has 0 saturated heterocycles. The van der Waals surface area contributed by atoms with Crippen LogP contribution >= 0.6 is 0 Å². The van der Waals surface area contributed by atoms with Gasteiger partial charge in [-0.1, -0.05) is 66.7 Å². The summed E-state index contributed by atoms with van der Waals surface area (Å²) in [4.78, 5) is 3.38. The van der Waals surface area contributed by atoms with Gasteiger partial charge in [0.2, 0.25) is 0 Å². The quantitative estimate of drug-likeness (QED) is 0.487. The van der Waals surface area contributed by atoms with E-state index in [4.69, 9.17) is 0 Å². The van der Waals surface area contributed by atoms with Crippen molar-refractivity contribution in [3.8, 4) is 0 Å². The molecule has 2 heterocycles. The summed E-state index contributed by atoms with van der Waals surface area (Å²) in [5.74, 6) is 0. The molecule has 3 heteroatoms. The van der Waals surface area contributed by atoms with Crippen molar-refractivity contribution in [2.24, 2.45) is 0 Å². The highest BCUT2D eigenvalue weighted by molar-refractivity contribution is 5.84. The number of rotatable bonds is 2. The standard InChI is InChI=1S/C22H19N3/c1-2-8-15(9-3-1)21-17-11-5-7-13-20(17)24-22(25-21)18-14-23-19-12-6-4-10-16(18)19/h1-14,21-25H/t21-,22+/m0/s1. The second-order valence-electron chi connectivity index (χ2n) is 6.46. The Kier molecular flexibility index (Phi) is 3.32. The average molecular weight is 325 g/mol. The Labute approximate surface area is 146 Å². The van der Waals surface area contributed by atoms with Gasteiger partial charge < -0.3 is 10.3 Å². The maximum Gasteiger partial charge on any atom is 0.106 e. The summed E-state index contributed by atoms with van der Waals surface area (Å²) in [5, 5.41) is 8.70. The molecule has 0 bridgehead atoms. The van der Waals surface area contributed by atoms with Crippen LogP contribution in [0.3, 0.4) is 0 Å². The van der Waals surface area contributed by atoms with Crippen LogP contribution in [0.15, 0.2) is 85.1 Å². The van der Waals surface area contributed by atoms with Crippen LogP contribution in [0.4, 0.5) is 5.69 Å². The molecule has 3 N–H and O–H groups in total. The third-order valence-corrected chi connectivity index (χ3v) is 4.97. The zero-order valence-corrected chi connectivity index (χ0v) is 13.7. The van der Waals surface area contributed by atoms with Gasteiger partial charge in [0.1, 0.15) is 6.17 Å². The maximum atomic E-state index is 3.79. The summed E-state index contributed by atoms with van der Waals surface area (Å²) in [6.07, 6.45) is 2.15. The van der Waals surface area contributed by atoms with Crippen LogP contribution in [0.25, 0.3) is 10.9 Å². The maximum absolute atomic E-state index is 3.79. The fourth-order valence-corrected chi connectivity index (χ4v) is 3.76. The molecule has 4 aromatic rings. The predicted octanol–water partition coefficient (Wildman–Crippen LogP) is 4.97. The molecule has 3 nitrogen and oxygen atoms in total. The number of aromatic nitrogens is 1. The summed E-state index contributed by atoms with van der Waals surface area (Å²) in [6, 6.07) is 27.8. The van der Waals surface area contributed by atoms with Crippen LogP contribution < -0.4 is 10.6 Å². The summed E-state index contributed by atoms with van der Waals surface area (Å²) in [7, 11) is 0. The molecule has 0 spiro atoms. The molecule has 3 aromatic carbocycles. The van der Waals surface area contributed by atoms with Gasteiger partial charge in [-0.3, -0.25) is 5.32 Å². The van der Waals surface area contributed by atoms with Gasteiger partial charge in [-0.2, -0.15) is 0 Å². The minimum Gasteiger partial charge on any atom is -0.366 e. The van der Waals surface area contributed by atoms with Crippen LogP contribution in [0, 0.1) is 0 Å². The Morgan fingerprint density at radius 3 is 2.36 bits per heavy atom. The molecule has 1 aliphatic rings. The molecule has 25 heavy (non-hydrogen) atoms. The molecular weight excluding hydrogens is 306 g/mol. The lowest BCUT2D eigenvalue weighted by molar-refractivity contribution is 0.508. The first-order valence-corrected chi connectivity index (χ1v) is 8.62. The number of fused-ring (bicyclic) bond motifs is 2. The lowest BCUT2D eigenvalue weighted by Gasteiger charge is -2.35. The second-order valence-corrected chi connectivity index (χ2v) is 6.46. The van der Waals surface area contributed by atoms with Gasteiger partial charge in [0.25, 0.3) is 0 Å². The van der Waals surface area contributed by atoms with Crippen LogP contribution in [0.1, 0.15) is 28.9 Å². The molecule has 122 valence electrons. The molecule has 0 fully saturated rings. The Morgan fingerprint density at radius 2 is 1.44 bits per heavy atom. The molecule has 0 unspecified atom stereocenters. The van der Waals surface area contributed by atoms with E-state index in [9.17, 15) is 0 Å². The fourth-order valence-electron chi connectivity index (χ4n) is 3.76. The Balaban J connectivity index is 1.62. The lowest BCUT2D eigenvalue weighted by atomic mass is 9.93. The zero-order chi connectivity index (χ0) is 16.6. The van der Waals surface area contributed by atoms with Gasteiger partial charge in [0.05, 0.1) is 6.04 Å². The Hall–Kier alpha value is -3.04. The van der Waals surface area contributed by atoms with Crippen molar-refractivity contribution in [2.45, 2.75) is 12.2 Å². The van der Waals surface area contributed by atoms with Crippen LogP contribution in [-0.4, -0.2) is 4.98 Å². The number of nitrogens with one attached hydrogen (secondary N) is 3. The van der Waals surface area contributed by atoms with Gasteiger partial charge in [-0.25, -0.2) is 0 Å². The van der Waals surface area contributed by atoms with E-state index < -0.39 is 0 Å². The third kappa shape index (κ3) is 2.41. The zero-order valence-electron chi connectivity index (χ0n) is 13.7. The van der Waals surface area contributed by atoms with Crippen molar-refractivity contribution in [2.75, 3.05) is 5.32 Å². The monoisotopic (exact) mass is 325 g/mol. The van der Waals surface area contributed by atoms with Gasteiger partial charge in [0, 0.05) is 28.4 Å². The van der Waals surface area contributed by atoms with E-state index in [1.807, 2.05) is 0 Å². The van der Waals surface area contributed by atoms with Crippen molar-refractivity contribution in [1.29, 1.82) is 0 Å². The summed E-state index contributed by atoms with van der Waals surface area (Å²) < 4.78 is 0. The van der Waals surface area contributed by atoms with Gasteiger partial charge in [-0.15, -0.1) is 0 Å². The third-order valence-electron chi connectivity index (χ3n) is 4.97. The van der Waals surface area contributed by atoms with Crippen LogP contribution in [0.5, 0.6) is 0 Å². The van der Waals surface area contributed by atoms with Gasteiger partial charge in [-0.05, 0) is 23.3 Å². The van der Waals surface area contributed by atoms with E-state index in [0.29, 0.717) is 0 Å². The minimum absolute atomic E-state index is 0.0521. The van der Waals surface area contributed by atoms with Crippen molar-refractivity contribution in [1.82, 2.24) is 10.3 Å².